The van der Waals surface area contributed by atoms with E-state index < -0.39 is 10.0 Å². The summed E-state index contributed by atoms with van der Waals surface area (Å²) in [6.45, 7) is 6.32. The molecule has 1 aromatic heterocycles. The first-order valence-electron chi connectivity index (χ1n) is 8.09. The van der Waals surface area contributed by atoms with Gasteiger partial charge in [0.2, 0.25) is 10.0 Å². The first kappa shape index (κ1) is 19.6. The number of sulfonamides is 1. The Morgan fingerprint density at radius 3 is 2.73 bits per heavy atom. The Kier molecular flexibility index (Phi) is 6.25. The van der Waals surface area contributed by atoms with Gasteiger partial charge in [0.05, 0.1) is 23.1 Å². The van der Waals surface area contributed by atoms with Crippen molar-refractivity contribution in [2.45, 2.75) is 15.3 Å². The molecule has 26 heavy (non-hydrogen) atoms. The monoisotopic (exact) mass is 419 g/mol. The summed E-state index contributed by atoms with van der Waals surface area (Å²) < 4.78 is 36.8. The number of hydrogen-bond donors (Lipinski definition) is 1. The summed E-state index contributed by atoms with van der Waals surface area (Å²) >= 11 is 2.61. The van der Waals surface area contributed by atoms with Gasteiger partial charge in [0.1, 0.15) is 10.8 Å². The fourth-order valence-corrected chi connectivity index (χ4v) is 5.90. The van der Waals surface area contributed by atoms with Gasteiger partial charge in [-0.3, -0.25) is 9.69 Å². The Labute approximate surface area is 161 Å². The molecule has 2 N–H and O–H groups in total. The Hall–Kier alpha value is -1.11. The quantitative estimate of drug-likeness (QED) is 0.537. The molecule has 1 aromatic rings. The number of nitrogens with two attached hydrogens (primary N) is 1. The minimum absolute atomic E-state index is 0.133. The Balaban J connectivity index is 1.76. The molecule has 2 aliphatic rings. The van der Waals surface area contributed by atoms with Gasteiger partial charge in [-0.15, -0.1) is 11.3 Å². The number of primary sulfonamides is 1. The molecule has 3 heterocycles. The van der Waals surface area contributed by atoms with Crippen LogP contribution in [0.1, 0.15) is 12.5 Å². The maximum absolute atomic E-state index is 11.6. The highest BCUT2D eigenvalue weighted by Gasteiger charge is 2.25. The van der Waals surface area contributed by atoms with E-state index >= 15 is 0 Å². The third-order valence-corrected chi connectivity index (χ3v) is 7.84. The van der Waals surface area contributed by atoms with Crippen LogP contribution < -0.4 is 5.14 Å². The van der Waals surface area contributed by atoms with Crippen molar-refractivity contribution in [1.29, 1.82) is 0 Å². The lowest BCUT2D eigenvalue weighted by molar-refractivity contribution is -0.140. The molecule has 0 aliphatic carbocycles. The highest BCUT2D eigenvalue weighted by atomic mass is 32.3. The molecular weight excluding hydrogens is 398 g/mol. The summed E-state index contributed by atoms with van der Waals surface area (Å²) in [5, 5.41) is 5.24. The van der Waals surface area contributed by atoms with E-state index in [-0.39, 0.29) is 16.8 Å². The predicted octanol–water partition coefficient (Wildman–Crippen LogP) is 0.954. The largest absolute Gasteiger partial charge is 0.459 e. The summed E-state index contributed by atoms with van der Waals surface area (Å²) in [5.74, 6) is -0.356. The molecule has 0 radical (unpaired) electrons. The normalized spacial score (nSPS) is 18.4. The van der Waals surface area contributed by atoms with Gasteiger partial charge in [-0.1, -0.05) is 0 Å². The van der Waals surface area contributed by atoms with Crippen LogP contribution in [0, 0.1) is 0 Å². The number of esters is 1. The van der Waals surface area contributed by atoms with Crippen LogP contribution in [0.2, 0.25) is 0 Å². The van der Waals surface area contributed by atoms with Crippen molar-refractivity contribution in [3.63, 3.8) is 0 Å². The zero-order chi connectivity index (χ0) is 18.7. The molecule has 0 saturated carbocycles. The van der Waals surface area contributed by atoms with Crippen LogP contribution in [0.3, 0.4) is 0 Å². The second-order valence-electron chi connectivity index (χ2n) is 5.92. The van der Waals surface area contributed by atoms with Crippen molar-refractivity contribution >= 4 is 45.4 Å². The number of ether oxygens (including phenoxy) is 2. The maximum Gasteiger partial charge on any atom is 0.303 e. The van der Waals surface area contributed by atoms with Gasteiger partial charge in [-0.25, -0.2) is 13.6 Å². The van der Waals surface area contributed by atoms with Crippen LogP contribution in [0.15, 0.2) is 20.2 Å². The average molecular weight is 420 g/mol. The minimum atomic E-state index is -3.74. The molecule has 0 aromatic carbocycles. The van der Waals surface area contributed by atoms with Gasteiger partial charge in [-0.2, -0.15) is 0 Å². The number of fused-ring (bicyclic) bond motifs is 1. The summed E-state index contributed by atoms with van der Waals surface area (Å²) in [4.78, 5) is 13.5. The number of hydrogen-bond acceptors (Lipinski definition) is 9. The summed E-state index contributed by atoms with van der Waals surface area (Å²) in [6.07, 6.45) is 1.86. The van der Waals surface area contributed by atoms with Crippen molar-refractivity contribution in [2.24, 2.45) is 5.14 Å². The van der Waals surface area contributed by atoms with Crippen molar-refractivity contribution in [1.82, 2.24) is 9.21 Å². The molecule has 1 fully saturated rings. The smallest absolute Gasteiger partial charge is 0.303 e. The molecule has 0 spiro atoms. The van der Waals surface area contributed by atoms with Crippen molar-refractivity contribution < 1.29 is 22.7 Å². The van der Waals surface area contributed by atoms with Crippen LogP contribution in [0.4, 0.5) is 0 Å². The first-order valence-corrected chi connectivity index (χ1v) is 11.2. The van der Waals surface area contributed by atoms with Gasteiger partial charge in [0, 0.05) is 38.7 Å². The molecule has 11 heteroatoms. The minimum Gasteiger partial charge on any atom is -0.459 e. The number of thiophene rings is 1. The van der Waals surface area contributed by atoms with Gasteiger partial charge in [0.15, 0.2) is 0 Å². The van der Waals surface area contributed by atoms with Gasteiger partial charge in [-0.05, 0) is 24.1 Å². The Morgan fingerprint density at radius 1 is 1.35 bits per heavy atom. The number of morpholine rings is 1. The molecule has 144 valence electrons. The van der Waals surface area contributed by atoms with Crippen molar-refractivity contribution in [2.75, 3.05) is 46.0 Å². The molecule has 0 unspecified atom stereocenters. The van der Waals surface area contributed by atoms with Gasteiger partial charge in [0.25, 0.3) is 0 Å². The molecule has 0 atom stereocenters. The zero-order valence-corrected chi connectivity index (χ0v) is 16.8. The number of rotatable bonds is 6. The Bertz CT molecular complexity index is 799. The average Bonchev–Trinajstić information content (AvgIpc) is 3.01. The molecular formula is C15H21N3O5S3. The third-order valence-electron chi connectivity index (χ3n) is 3.96. The van der Waals surface area contributed by atoms with Crippen LogP contribution >= 0.6 is 23.3 Å². The van der Waals surface area contributed by atoms with E-state index in [1.54, 1.807) is 6.07 Å². The van der Waals surface area contributed by atoms with E-state index in [2.05, 4.69) is 4.90 Å². The molecule has 0 bridgehead atoms. The van der Waals surface area contributed by atoms with E-state index in [0.717, 1.165) is 66.2 Å². The summed E-state index contributed by atoms with van der Waals surface area (Å²) in [5.41, 5.74) is 1.61. The van der Waals surface area contributed by atoms with E-state index in [1.807, 2.05) is 10.4 Å². The lowest BCUT2D eigenvalue weighted by Gasteiger charge is -2.32. The second-order valence-corrected chi connectivity index (χ2v) is 10.0. The van der Waals surface area contributed by atoms with E-state index in [9.17, 15) is 13.2 Å². The number of carbonyl (C=O) groups is 1. The molecule has 0 amide bonds. The van der Waals surface area contributed by atoms with Gasteiger partial charge < -0.3 is 13.8 Å². The fourth-order valence-electron chi connectivity index (χ4n) is 2.62. The number of nitrogens with zero attached hydrogens (tertiary/aromatic N) is 2. The molecule has 1 saturated heterocycles. The number of carbonyl (C=O) groups excluding carboxylic acids is 1. The third kappa shape index (κ3) is 4.99. The van der Waals surface area contributed by atoms with E-state index in [1.165, 1.54) is 18.9 Å². The van der Waals surface area contributed by atoms with E-state index in [4.69, 9.17) is 14.6 Å². The second kappa shape index (κ2) is 8.28. The van der Waals surface area contributed by atoms with Crippen LogP contribution in [0.5, 0.6) is 0 Å². The van der Waals surface area contributed by atoms with Crippen LogP contribution in [-0.4, -0.2) is 69.6 Å². The first-order chi connectivity index (χ1) is 12.3. The standard InChI is InChI=1S/C15H21N3O5S3/c1-11(19)23-10-13-8-12-9-14(26(16,20)21)24-15(12)25-18(13)3-2-17-4-6-22-7-5-17/h8-9H,2-7,10H2,1H3,(H2,16,20,21). The van der Waals surface area contributed by atoms with Crippen molar-refractivity contribution in [3.8, 4) is 0 Å². The predicted molar refractivity (Wildman–Crippen MR) is 100 cm³/mol. The topological polar surface area (TPSA) is 102 Å². The van der Waals surface area contributed by atoms with Gasteiger partial charge >= 0.3 is 5.97 Å². The summed E-state index contributed by atoms with van der Waals surface area (Å²) in [6, 6.07) is 1.56. The lowest BCUT2D eigenvalue weighted by Crippen LogP contribution is -2.40. The highest BCUT2D eigenvalue weighted by molar-refractivity contribution is 7.99. The van der Waals surface area contributed by atoms with E-state index in [0.29, 0.717) is 0 Å². The SMILES string of the molecule is CC(=O)OCC1=Cc2cc(S(N)(=O)=O)sc2SN1CCN1CCOCC1. The molecule has 8 nitrogen and oxygen atoms in total. The van der Waals surface area contributed by atoms with Crippen LogP contribution in [0.25, 0.3) is 6.08 Å². The Morgan fingerprint density at radius 2 is 2.08 bits per heavy atom. The highest BCUT2D eigenvalue weighted by Crippen LogP contribution is 2.42. The fraction of sp³-hybridized carbons (Fsp3) is 0.533. The molecule has 3 rings (SSSR count). The van der Waals surface area contributed by atoms with Crippen molar-refractivity contribution in [3.05, 3.63) is 17.3 Å². The lowest BCUT2D eigenvalue weighted by atomic mass is 10.2. The maximum atomic E-state index is 11.6. The zero-order valence-electron chi connectivity index (χ0n) is 14.3. The molecule has 2 aliphatic heterocycles. The summed E-state index contributed by atoms with van der Waals surface area (Å²) in [7, 11) is -3.74. The van der Waals surface area contributed by atoms with Crippen LogP contribution in [-0.2, 0) is 24.3 Å².